The fourth-order valence-corrected chi connectivity index (χ4v) is 6.67. The zero-order valence-electron chi connectivity index (χ0n) is 36.0. The van der Waals surface area contributed by atoms with Gasteiger partial charge in [-0.3, -0.25) is 13.8 Å². The zero-order chi connectivity index (χ0) is 39.9. The normalized spacial score (nSPS) is 14.1. The van der Waals surface area contributed by atoms with Crippen LogP contribution in [0.15, 0.2) is 36.5 Å². The first-order chi connectivity index (χ1) is 26.1. The molecule has 0 amide bonds. The molecule has 0 aliphatic carbocycles. The van der Waals surface area contributed by atoms with Gasteiger partial charge < -0.3 is 18.9 Å². The maximum absolute atomic E-state index is 12.7. The molecule has 0 aromatic carbocycles. The van der Waals surface area contributed by atoms with Crippen LogP contribution in [0, 0.1) is 0 Å². The number of hydrogen-bond acceptors (Lipinski definition) is 6. The summed E-state index contributed by atoms with van der Waals surface area (Å²) in [5.41, 5.74) is 0. The van der Waals surface area contributed by atoms with Crippen LogP contribution >= 0.6 is 7.82 Å². The summed E-state index contributed by atoms with van der Waals surface area (Å²) in [5.74, 6) is -0.321. The van der Waals surface area contributed by atoms with E-state index >= 15 is 0 Å². The summed E-state index contributed by atoms with van der Waals surface area (Å²) >= 11 is 0. The van der Waals surface area contributed by atoms with E-state index in [0.717, 1.165) is 38.5 Å². The van der Waals surface area contributed by atoms with E-state index in [4.69, 9.17) is 18.5 Å². The number of rotatable bonds is 41. The van der Waals surface area contributed by atoms with Crippen LogP contribution in [0.25, 0.3) is 0 Å². The summed E-state index contributed by atoms with van der Waals surface area (Å²) < 4.78 is 35.0. The zero-order valence-corrected chi connectivity index (χ0v) is 36.9. The Morgan fingerprint density at radius 2 is 1.02 bits per heavy atom. The van der Waals surface area contributed by atoms with Crippen LogP contribution in [0.5, 0.6) is 0 Å². The molecule has 318 valence electrons. The van der Waals surface area contributed by atoms with Crippen LogP contribution in [-0.4, -0.2) is 75.6 Å². The lowest BCUT2D eigenvalue weighted by Gasteiger charge is -2.24. The summed E-state index contributed by atoms with van der Waals surface area (Å²) in [5, 5.41) is 0. The Labute approximate surface area is 334 Å². The molecule has 0 aromatic heterocycles. The van der Waals surface area contributed by atoms with Crippen LogP contribution in [0.2, 0.25) is 0 Å². The Balaban J connectivity index is 4.22. The molecule has 2 unspecified atom stereocenters. The van der Waals surface area contributed by atoms with Crippen LogP contribution in [0.4, 0.5) is 0 Å². The van der Waals surface area contributed by atoms with Gasteiger partial charge in [-0.05, 0) is 70.6 Å². The van der Waals surface area contributed by atoms with Crippen molar-refractivity contribution in [3.8, 4) is 0 Å². The van der Waals surface area contributed by atoms with Gasteiger partial charge in [0, 0.05) is 13.0 Å². The second-order valence-electron chi connectivity index (χ2n) is 16.1. The van der Waals surface area contributed by atoms with Gasteiger partial charge in [-0.25, -0.2) is 4.57 Å². The highest BCUT2D eigenvalue weighted by Gasteiger charge is 2.26. The average molecular weight is 785 g/mol. The molecule has 0 aromatic rings. The van der Waals surface area contributed by atoms with Crippen molar-refractivity contribution in [2.24, 2.45) is 0 Å². The number of quaternary nitrogens is 1. The molecule has 9 heteroatoms. The molecule has 0 radical (unpaired) electrons. The molecular weight excluding hydrogens is 697 g/mol. The van der Waals surface area contributed by atoms with Crippen molar-refractivity contribution in [3.63, 3.8) is 0 Å². The van der Waals surface area contributed by atoms with Crippen molar-refractivity contribution in [2.45, 2.75) is 193 Å². The van der Waals surface area contributed by atoms with Gasteiger partial charge >= 0.3 is 13.8 Å². The molecule has 0 spiro atoms. The maximum atomic E-state index is 12.7. The number of unbranched alkanes of at least 4 members (excludes halogenated alkanes) is 21. The first-order valence-corrected chi connectivity index (χ1v) is 23.7. The number of allylic oxidation sites excluding steroid dienone is 6. The number of nitrogens with zero attached hydrogens (tertiary/aromatic N) is 1. The lowest BCUT2D eigenvalue weighted by atomic mass is 10.1. The third kappa shape index (κ3) is 41.9. The second-order valence-corrected chi connectivity index (χ2v) is 17.5. The number of ether oxygens (including phenoxy) is 2. The van der Waals surface area contributed by atoms with E-state index in [1.807, 2.05) is 21.1 Å². The SMILES string of the molecule is CCCCC/C=C\C/C=C\CCCCCCCCCCCC(=O)OC(COCCCCCCCC/C=C\CCCCC)COP(=O)(O)OCC[N+](C)(C)C. The monoisotopic (exact) mass is 785 g/mol. The Kier molecular flexibility index (Phi) is 37.7. The maximum Gasteiger partial charge on any atom is 0.472 e. The van der Waals surface area contributed by atoms with Gasteiger partial charge in [0.05, 0.1) is 34.4 Å². The number of phosphoric ester groups is 1. The number of carbonyl (C=O) groups is 1. The van der Waals surface area contributed by atoms with E-state index < -0.39 is 13.9 Å². The third-order valence-electron chi connectivity index (χ3n) is 9.42. The molecule has 0 aliphatic heterocycles. The van der Waals surface area contributed by atoms with Gasteiger partial charge in [-0.1, -0.05) is 147 Å². The van der Waals surface area contributed by atoms with Crippen molar-refractivity contribution in [3.05, 3.63) is 36.5 Å². The molecule has 0 saturated heterocycles. The van der Waals surface area contributed by atoms with Crippen molar-refractivity contribution in [1.29, 1.82) is 0 Å². The van der Waals surface area contributed by atoms with Crippen LogP contribution in [-0.2, 0) is 27.9 Å². The van der Waals surface area contributed by atoms with E-state index in [9.17, 15) is 14.3 Å². The number of phosphoric acid groups is 1. The van der Waals surface area contributed by atoms with E-state index in [1.54, 1.807) is 0 Å². The predicted molar refractivity (Wildman–Crippen MR) is 229 cm³/mol. The molecule has 8 nitrogen and oxygen atoms in total. The van der Waals surface area contributed by atoms with E-state index in [1.165, 1.54) is 128 Å². The molecule has 0 fully saturated rings. The molecule has 0 heterocycles. The minimum Gasteiger partial charge on any atom is -0.457 e. The van der Waals surface area contributed by atoms with Crippen molar-refractivity contribution < 1.29 is 37.3 Å². The molecule has 2 atom stereocenters. The molecule has 1 N–H and O–H groups in total. The number of likely N-dealkylation sites (N-methyl/N-ethyl adjacent to an activating group) is 1. The van der Waals surface area contributed by atoms with Crippen LogP contribution in [0.3, 0.4) is 0 Å². The van der Waals surface area contributed by atoms with Crippen LogP contribution < -0.4 is 0 Å². The molecule has 54 heavy (non-hydrogen) atoms. The highest BCUT2D eigenvalue weighted by molar-refractivity contribution is 7.47. The quantitative estimate of drug-likeness (QED) is 0.0217. The Bertz CT molecular complexity index is 962. The third-order valence-corrected chi connectivity index (χ3v) is 10.4. The number of hydrogen-bond donors (Lipinski definition) is 1. The molecule has 0 saturated carbocycles. The summed E-state index contributed by atoms with van der Waals surface area (Å²) in [6.45, 7) is 5.57. The largest absolute Gasteiger partial charge is 0.472 e. The molecular formula is C45H87NO7P+. The van der Waals surface area contributed by atoms with Gasteiger partial charge in [0.25, 0.3) is 0 Å². The molecule has 0 rings (SSSR count). The minimum atomic E-state index is -4.27. The highest BCUT2D eigenvalue weighted by atomic mass is 31.2. The van der Waals surface area contributed by atoms with Crippen molar-refractivity contribution >= 4 is 13.8 Å². The average Bonchev–Trinajstić information content (AvgIpc) is 3.12. The highest BCUT2D eigenvalue weighted by Crippen LogP contribution is 2.43. The topological polar surface area (TPSA) is 91.3 Å². The molecule has 0 aliphatic rings. The summed E-state index contributed by atoms with van der Waals surface area (Å²) in [4.78, 5) is 22.9. The Morgan fingerprint density at radius 1 is 0.574 bits per heavy atom. The lowest BCUT2D eigenvalue weighted by molar-refractivity contribution is -0.870. The summed E-state index contributed by atoms with van der Waals surface area (Å²) in [6.07, 6.45) is 44.5. The van der Waals surface area contributed by atoms with Gasteiger partial charge in [0.1, 0.15) is 19.3 Å². The van der Waals surface area contributed by atoms with E-state index in [-0.39, 0.29) is 25.8 Å². The predicted octanol–water partition coefficient (Wildman–Crippen LogP) is 13.0. The minimum absolute atomic E-state index is 0.0865. The standard InChI is InChI=1S/C45H86NO7P/c1-6-8-10-12-14-16-18-20-21-22-23-24-25-26-28-30-32-34-36-38-45(47)53-44(43-52-54(48,49)51-41-39-46(3,4)5)42-50-40-37-35-33-31-29-27-19-17-15-13-11-9-7-2/h14-17,20-21,44H,6-13,18-19,22-43H2,1-5H3/p+1/b16-14-,17-15-,21-20-. The fraction of sp³-hybridized carbons (Fsp3) is 0.844. The Morgan fingerprint density at radius 3 is 1.52 bits per heavy atom. The van der Waals surface area contributed by atoms with E-state index in [0.29, 0.717) is 24.1 Å². The number of carbonyl (C=O) groups excluding carboxylic acids is 1. The summed E-state index contributed by atoms with van der Waals surface area (Å²) in [6, 6.07) is 0. The van der Waals surface area contributed by atoms with Crippen LogP contribution in [0.1, 0.15) is 187 Å². The first-order valence-electron chi connectivity index (χ1n) is 22.2. The van der Waals surface area contributed by atoms with Crippen molar-refractivity contribution in [1.82, 2.24) is 0 Å². The fourth-order valence-electron chi connectivity index (χ4n) is 5.93. The van der Waals surface area contributed by atoms with Gasteiger partial charge in [0.15, 0.2) is 0 Å². The lowest BCUT2D eigenvalue weighted by Crippen LogP contribution is -2.37. The summed E-state index contributed by atoms with van der Waals surface area (Å²) in [7, 11) is 1.66. The Hall–Kier alpha value is -1.28. The van der Waals surface area contributed by atoms with Crippen molar-refractivity contribution in [2.75, 3.05) is 54.1 Å². The smallest absolute Gasteiger partial charge is 0.457 e. The second kappa shape index (κ2) is 38.6. The van der Waals surface area contributed by atoms with E-state index in [2.05, 4.69) is 50.3 Å². The van der Waals surface area contributed by atoms with Gasteiger partial charge in [-0.2, -0.15) is 0 Å². The van der Waals surface area contributed by atoms with Gasteiger partial charge in [-0.15, -0.1) is 0 Å². The number of esters is 1. The first kappa shape index (κ1) is 52.7. The molecule has 0 bridgehead atoms. The van der Waals surface area contributed by atoms with Gasteiger partial charge in [0.2, 0.25) is 0 Å².